The second kappa shape index (κ2) is 5.60. The molecule has 0 bridgehead atoms. The highest BCUT2D eigenvalue weighted by Gasteiger charge is 2.63. The minimum absolute atomic E-state index is 0.0154. The molecule has 0 amide bonds. The van der Waals surface area contributed by atoms with Gasteiger partial charge < -0.3 is 29.5 Å². The first-order valence-corrected chi connectivity index (χ1v) is 8.35. The SMILES string of the molecule is COc1c(O)cc2c(c1OC)C(=O)OC21C(O)C(O)C=C2CCN(C)C21. The highest BCUT2D eigenvalue weighted by Crippen LogP contribution is 2.56. The van der Waals surface area contributed by atoms with Crippen molar-refractivity contribution in [2.24, 2.45) is 0 Å². The minimum atomic E-state index is -1.53. The van der Waals surface area contributed by atoms with Gasteiger partial charge in [0.2, 0.25) is 5.75 Å². The Labute approximate surface area is 150 Å². The topological polar surface area (TPSA) is 109 Å². The monoisotopic (exact) mass is 363 g/mol. The van der Waals surface area contributed by atoms with E-state index in [0.29, 0.717) is 13.0 Å². The number of ether oxygens (including phenoxy) is 3. The zero-order valence-corrected chi connectivity index (χ0v) is 14.7. The third-order valence-electron chi connectivity index (χ3n) is 5.61. The fraction of sp³-hybridized carbons (Fsp3) is 0.500. The van der Waals surface area contributed by atoms with E-state index >= 15 is 0 Å². The summed E-state index contributed by atoms with van der Waals surface area (Å²) in [6.07, 6.45) is -0.267. The van der Waals surface area contributed by atoms with E-state index < -0.39 is 29.8 Å². The molecule has 0 radical (unpaired) electrons. The molecule has 1 aliphatic carbocycles. The lowest BCUT2D eigenvalue weighted by Gasteiger charge is -2.45. The predicted octanol–water partition coefficient (Wildman–Crippen LogP) is 0.141. The summed E-state index contributed by atoms with van der Waals surface area (Å²) in [6, 6.07) is 0.913. The number of methoxy groups -OCH3 is 2. The molecule has 140 valence electrons. The van der Waals surface area contributed by atoms with Crippen LogP contribution < -0.4 is 9.47 Å². The van der Waals surface area contributed by atoms with Crippen LogP contribution in [0.15, 0.2) is 17.7 Å². The van der Waals surface area contributed by atoms with Gasteiger partial charge in [0.25, 0.3) is 0 Å². The van der Waals surface area contributed by atoms with Crippen LogP contribution in [0.2, 0.25) is 0 Å². The molecule has 4 unspecified atom stereocenters. The quantitative estimate of drug-likeness (QED) is 0.503. The second-order valence-electron chi connectivity index (χ2n) is 6.88. The van der Waals surface area contributed by atoms with Crippen LogP contribution in [-0.2, 0) is 10.3 Å². The average Bonchev–Trinajstić information content (AvgIpc) is 3.10. The molecule has 0 saturated carbocycles. The molecule has 1 spiro atoms. The summed E-state index contributed by atoms with van der Waals surface area (Å²) in [5, 5.41) is 31.7. The number of hydrogen-bond acceptors (Lipinski definition) is 8. The van der Waals surface area contributed by atoms with E-state index in [1.807, 2.05) is 11.9 Å². The van der Waals surface area contributed by atoms with Crippen LogP contribution in [0.4, 0.5) is 0 Å². The highest BCUT2D eigenvalue weighted by molar-refractivity contribution is 6.00. The molecular weight excluding hydrogens is 342 g/mol. The van der Waals surface area contributed by atoms with Crippen LogP contribution >= 0.6 is 0 Å². The van der Waals surface area contributed by atoms with Gasteiger partial charge in [-0.3, -0.25) is 4.90 Å². The number of esters is 1. The van der Waals surface area contributed by atoms with Gasteiger partial charge in [-0.2, -0.15) is 0 Å². The Morgan fingerprint density at radius 3 is 2.62 bits per heavy atom. The van der Waals surface area contributed by atoms with E-state index in [4.69, 9.17) is 14.2 Å². The smallest absolute Gasteiger partial charge is 0.343 e. The van der Waals surface area contributed by atoms with Crippen molar-refractivity contribution in [2.45, 2.75) is 30.3 Å². The van der Waals surface area contributed by atoms with E-state index in [-0.39, 0.29) is 28.4 Å². The molecule has 8 heteroatoms. The van der Waals surface area contributed by atoms with Crippen molar-refractivity contribution in [3.8, 4) is 17.2 Å². The van der Waals surface area contributed by atoms with Crippen molar-refractivity contribution in [1.82, 2.24) is 4.90 Å². The Morgan fingerprint density at radius 2 is 1.96 bits per heavy atom. The van der Waals surface area contributed by atoms with E-state index in [2.05, 4.69) is 0 Å². The third-order valence-corrected chi connectivity index (χ3v) is 5.61. The van der Waals surface area contributed by atoms with Gasteiger partial charge in [-0.25, -0.2) is 4.79 Å². The van der Waals surface area contributed by atoms with Gasteiger partial charge in [0, 0.05) is 12.1 Å². The number of likely N-dealkylation sites (tertiary alicyclic amines) is 1. The number of aliphatic hydroxyl groups is 2. The van der Waals surface area contributed by atoms with E-state index in [9.17, 15) is 20.1 Å². The molecule has 0 aromatic heterocycles. The number of rotatable bonds is 2. The molecule has 4 atom stereocenters. The summed E-state index contributed by atoms with van der Waals surface area (Å²) in [5.74, 6) is -0.869. The van der Waals surface area contributed by atoms with Crippen molar-refractivity contribution in [3.63, 3.8) is 0 Å². The first-order valence-electron chi connectivity index (χ1n) is 8.35. The maximum atomic E-state index is 12.8. The van der Waals surface area contributed by atoms with Gasteiger partial charge in [-0.05, 0) is 25.1 Å². The van der Waals surface area contributed by atoms with E-state index in [1.165, 1.54) is 20.3 Å². The first kappa shape index (κ1) is 17.1. The molecular formula is C18H21NO7. The molecule has 1 saturated heterocycles. The molecule has 8 nitrogen and oxygen atoms in total. The second-order valence-corrected chi connectivity index (χ2v) is 6.88. The molecule has 3 aliphatic rings. The molecule has 1 fully saturated rings. The molecule has 1 aromatic rings. The number of hydrogen-bond donors (Lipinski definition) is 3. The van der Waals surface area contributed by atoms with Gasteiger partial charge >= 0.3 is 5.97 Å². The van der Waals surface area contributed by atoms with Crippen LogP contribution in [0.1, 0.15) is 22.3 Å². The number of benzene rings is 1. The van der Waals surface area contributed by atoms with Crippen LogP contribution in [0.25, 0.3) is 0 Å². The summed E-state index contributed by atoms with van der Waals surface area (Å²) in [4.78, 5) is 14.7. The van der Waals surface area contributed by atoms with Crippen LogP contribution in [0.5, 0.6) is 17.2 Å². The highest BCUT2D eigenvalue weighted by atomic mass is 16.6. The fourth-order valence-electron chi connectivity index (χ4n) is 4.57. The molecule has 26 heavy (non-hydrogen) atoms. The number of aromatic hydroxyl groups is 1. The number of carbonyl (C=O) groups is 1. The molecule has 1 aromatic carbocycles. The maximum absolute atomic E-state index is 12.8. The Kier molecular flexibility index (Phi) is 3.69. The zero-order chi connectivity index (χ0) is 18.8. The molecule has 3 N–H and O–H groups in total. The number of aliphatic hydroxyl groups excluding tert-OH is 2. The first-order chi connectivity index (χ1) is 12.4. The summed E-state index contributed by atoms with van der Waals surface area (Å²) < 4.78 is 16.2. The van der Waals surface area contributed by atoms with Gasteiger partial charge in [-0.15, -0.1) is 0 Å². The van der Waals surface area contributed by atoms with Gasteiger partial charge in [0.1, 0.15) is 17.8 Å². The van der Waals surface area contributed by atoms with Crippen molar-refractivity contribution < 1.29 is 34.3 Å². The fourth-order valence-corrected chi connectivity index (χ4v) is 4.57. The van der Waals surface area contributed by atoms with Crippen molar-refractivity contribution in [2.75, 3.05) is 27.8 Å². The van der Waals surface area contributed by atoms with E-state index in [1.54, 1.807) is 6.08 Å². The van der Waals surface area contributed by atoms with Gasteiger partial charge in [-0.1, -0.05) is 6.08 Å². The number of phenolic OH excluding ortho intramolecular Hbond substituents is 1. The largest absolute Gasteiger partial charge is 0.504 e. The summed E-state index contributed by atoms with van der Waals surface area (Å²) in [5.41, 5.74) is -0.262. The average molecular weight is 363 g/mol. The lowest BCUT2D eigenvalue weighted by atomic mass is 9.72. The standard InChI is InChI=1S/C18H21NO7/c1-19-5-4-8-6-11(21)16(22)18(15(8)19)9-7-10(20)13(24-2)14(25-3)12(9)17(23)26-18/h6-7,11,15-16,20-22H,4-5H2,1-3H3. The molecule has 2 aliphatic heterocycles. The van der Waals surface area contributed by atoms with Crippen molar-refractivity contribution in [3.05, 3.63) is 28.8 Å². The lowest BCUT2D eigenvalue weighted by molar-refractivity contribution is -0.148. The summed E-state index contributed by atoms with van der Waals surface area (Å²) >= 11 is 0. The van der Waals surface area contributed by atoms with Crippen LogP contribution in [-0.4, -0.2) is 72.3 Å². The number of carbonyl (C=O) groups excluding carboxylic acids is 1. The van der Waals surface area contributed by atoms with E-state index in [0.717, 1.165) is 5.57 Å². The maximum Gasteiger partial charge on any atom is 0.343 e. The summed E-state index contributed by atoms with van der Waals surface area (Å²) in [6.45, 7) is 0.698. The predicted molar refractivity (Wildman–Crippen MR) is 89.4 cm³/mol. The lowest BCUT2D eigenvalue weighted by Crippen LogP contribution is -2.60. The normalized spacial score (nSPS) is 32.9. The Hall–Kier alpha value is -2.29. The van der Waals surface area contributed by atoms with Crippen molar-refractivity contribution >= 4 is 5.97 Å². The number of phenols is 1. The Morgan fingerprint density at radius 1 is 1.27 bits per heavy atom. The van der Waals surface area contributed by atoms with Crippen LogP contribution in [0.3, 0.4) is 0 Å². The van der Waals surface area contributed by atoms with Crippen LogP contribution in [0, 0.1) is 0 Å². The Balaban J connectivity index is 2.03. The molecule has 2 heterocycles. The van der Waals surface area contributed by atoms with Gasteiger partial charge in [0.15, 0.2) is 17.1 Å². The van der Waals surface area contributed by atoms with Gasteiger partial charge in [0.05, 0.1) is 20.3 Å². The summed E-state index contributed by atoms with van der Waals surface area (Å²) in [7, 11) is 4.57. The van der Waals surface area contributed by atoms with Crippen molar-refractivity contribution in [1.29, 1.82) is 0 Å². The minimum Gasteiger partial charge on any atom is -0.504 e. The number of fused-ring (bicyclic) bond motifs is 4. The molecule has 4 rings (SSSR count). The third kappa shape index (κ3) is 1.92. The zero-order valence-electron chi connectivity index (χ0n) is 14.7. The number of likely N-dealkylation sites (N-methyl/N-ethyl adjacent to an activating group) is 1. The number of nitrogens with zero attached hydrogens (tertiary/aromatic N) is 1. The Bertz CT molecular complexity index is 820.